The number of benzene rings is 1. The lowest BCUT2D eigenvalue weighted by Crippen LogP contribution is -2.22. The van der Waals surface area contributed by atoms with Crippen LogP contribution in [0.15, 0.2) is 34.5 Å². The highest BCUT2D eigenvalue weighted by atomic mass is 35.5. The van der Waals surface area contributed by atoms with Crippen LogP contribution in [0.25, 0.3) is 0 Å². The third kappa shape index (κ3) is 3.05. The van der Waals surface area contributed by atoms with Gasteiger partial charge in [-0.15, -0.1) is 11.8 Å². The van der Waals surface area contributed by atoms with Gasteiger partial charge in [-0.2, -0.15) is 0 Å². The number of anilines is 1. The minimum absolute atomic E-state index is 0.0824. The Hall–Kier alpha value is -1.73. The zero-order valence-corrected chi connectivity index (χ0v) is 12.1. The second-order valence-electron chi connectivity index (χ2n) is 3.86. The number of esters is 1. The molecule has 1 aromatic rings. The topological polar surface area (TPSA) is 81.5 Å². The Bertz CT molecular complexity index is 603. The second-order valence-corrected chi connectivity index (χ2v) is 5.31. The van der Waals surface area contributed by atoms with Crippen LogP contribution in [-0.2, 0) is 9.53 Å². The zero-order valence-electron chi connectivity index (χ0n) is 10.5. The lowest BCUT2D eigenvalue weighted by molar-refractivity contribution is -0.422. The molecule has 0 saturated carbocycles. The number of halogens is 1. The third-order valence-electron chi connectivity index (χ3n) is 2.54. The second kappa shape index (κ2) is 6.15. The Morgan fingerprint density at radius 1 is 1.60 bits per heavy atom. The van der Waals surface area contributed by atoms with Crippen molar-refractivity contribution in [3.8, 4) is 0 Å². The number of ether oxygens (including phenoxy) is 1. The largest absolute Gasteiger partial charge is 0.458 e. The van der Waals surface area contributed by atoms with E-state index in [2.05, 4.69) is 5.32 Å². The molecular weight excluding hydrogens is 304 g/mol. The fourth-order valence-electron chi connectivity index (χ4n) is 1.71. The van der Waals surface area contributed by atoms with Gasteiger partial charge >= 0.3 is 11.7 Å². The molecule has 2 rings (SSSR count). The first-order valence-electron chi connectivity index (χ1n) is 5.77. The number of rotatable bonds is 3. The average molecular weight is 315 g/mol. The molecule has 1 aromatic carbocycles. The number of carbonyl (C=O) groups excluding carboxylic acids is 1. The van der Waals surface area contributed by atoms with Gasteiger partial charge in [0.1, 0.15) is 5.70 Å². The number of fused-ring (bicyclic) bond motifs is 1. The van der Waals surface area contributed by atoms with E-state index in [0.29, 0.717) is 16.5 Å². The van der Waals surface area contributed by atoms with Gasteiger partial charge in [-0.05, 0) is 25.1 Å². The minimum Gasteiger partial charge on any atom is -0.458 e. The van der Waals surface area contributed by atoms with Crippen LogP contribution in [0.4, 0.5) is 5.69 Å². The molecule has 0 atom stereocenters. The molecule has 8 heteroatoms. The molecule has 0 aliphatic carbocycles. The van der Waals surface area contributed by atoms with Crippen molar-refractivity contribution in [1.29, 1.82) is 0 Å². The van der Waals surface area contributed by atoms with E-state index in [1.807, 2.05) is 6.07 Å². The summed E-state index contributed by atoms with van der Waals surface area (Å²) in [7, 11) is 0. The molecule has 0 spiro atoms. The molecular formula is C12H11ClN2O4S. The van der Waals surface area contributed by atoms with Crippen LogP contribution in [0.3, 0.4) is 0 Å². The highest BCUT2D eigenvalue weighted by Crippen LogP contribution is 2.37. The predicted octanol–water partition coefficient (Wildman–Crippen LogP) is 2.91. The van der Waals surface area contributed by atoms with E-state index < -0.39 is 16.6 Å². The molecule has 0 bridgehead atoms. The fraction of sp³-hybridized carbons (Fsp3) is 0.250. The van der Waals surface area contributed by atoms with Gasteiger partial charge < -0.3 is 10.1 Å². The van der Waals surface area contributed by atoms with Gasteiger partial charge in [0, 0.05) is 15.7 Å². The Morgan fingerprint density at radius 3 is 3.00 bits per heavy atom. The van der Waals surface area contributed by atoms with Gasteiger partial charge in [0.05, 0.1) is 17.2 Å². The normalized spacial score (nSPS) is 15.9. The number of nitro groups is 1. The first kappa shape index (κ1) is 14.7. The molecule has 1 N–H and O–H groups in total. The third-order valence-corrected chi connectivity index (χ3v) is 3.87. The number of hydrogen-bond donors (Lipinski definition) is 1. The smallest absolute Gasteiger partial charge is 0.411 e. The van der Waals surface area contributed by atoms with Crippen LogP contribution in [0.1, 0.15) is 6.92 Å². The highest BCUT2D eigenvalue weighted by Gasteiger charge is 2.31. The monoisotopic (exact) mass is 314 g/mol. The lowest BCUT2D eigenvalue weighted by atomic mass is 10.2. The number of nitrogens with one attached hydrogen (secondary N) is 1. The summed E-state index contributed by atoms with van der Waals surface area (Å²) in [6.07, 6.45) is 0. The standard InChI is InChI=1S/C12H11ClN2O4S/c1-2-19-12(16)11(15(17)18)9-6-20-10-4-3-7(13)5-8(10)14-9/h3-5,14H,2,6H2,1H3. The fourth-order valence-corrected chi connectivity index (χ4v) is 2.82. The van der Waals surface area contributed by atoms with E-state index in [9.17, 15) is 14.9 Å². The number of carbonyl (C=O) groups is 1. The van der Waals surface area contributed by atoms with E-state index in [-0.39, 0.29) is 12.3 Å². The SMILES string of the molecule is CCOC(=O)C(=C1CSc2ccc(Cl)cc2N1)[N+](=O)[O-]. The van der Waals surface area contributed by atoms with Crippen molar-refractivity contribution in [2.75, 3.05) is 17.7 Å². The van der Waals surface area contributed by atoms with E-state index >= 15 is 0 Å². The van der Waals surface area contributed by atoms with Crippen LogP contribution >= 0.6 is 23.4 Å². The summed E-state index contributed by atoms with van der Waals surface area (Å²) in [5, 5.41) is 14.5. The Labute approximate surface area is 124 Å². The van der Waals surface area contributed by atoms with Crippen molar-refractivity contribution in [3.63, 3.8) is 0 Å². The summed E-state index contributed by atoms with van der Waals surface area (Å²) >= 11 is 7.28. The molecule has 0 saturated heterocycles. The average Bonchev–Trinajstić information content (AvgIpc) is 2.38. The summed E-state index contributed by atoms with van der Waals surface area (Å²) in [4.78, 5) is 22.9. The van der Waals surface area contributed by atoms with E-state index in [0.717, 1.165) is 4.90 Å². The summed E-state index contributed by atoms with van der Waals surface area (Å²) in [5.74, 6) is -0.643. The summed E-state index contributed by atoms with van der Waals surface area (Å²) < 4.78 is 4.72. The quantitative estimate of drug-likeness (QED) is 0.400. The molecule has 106 valence electrons. The summed E-state index contributed by atoms with van der Waals surface area (Å²) in [6, 6.07) is 5.22. The van der Waals surface area contributed by atoms with Crippen LogP contribution in [0.2, 0.25) is 5.02 Å². The number of thioether (sulfide) groups is 1. The first-order valence-corrected chi connectivity index (χ1v) is 7.13. The van der Waals surface area contributed by atoms with Crippen molar-refractivity contribution in [3.05, 3.63) is 44.7 Å². The van der Waals surface area contributed by atoms with Gasteiger partial charge in [0.2, 0.25) is 0 Å². The van der Waals surface area contributed by atoms with Gasteiger partial charge in [-0.25, -0.2) is 4.79 Å². The minimum atomic E-state index is -0.939. The molecule has 0 unspecified atom stereocenters. The van der Waals surface area contributed by atoms with Gasteiger partial charge in [-0.3, -0.25) is 10.1 Å². The maximum Gasteiger partial charge on any atom is 0.411 e. The van der Waals surface area contributed by atoms with E-state index in [1.54, 1.807) is 19.1 Å². The maximum atomic E-state index is 11.7. The molecule has 0 aromatic heterocycles. The molecule has 1 aliphatic heterocycles. The molecule has 1 heterocycles. The van der Waals surface area contributed by atoms with Crippen molar-refractivity contribution in [2.45, 2.75) is 11.8 Å². The first-order chi connectivity index (χ1) is 9.52. The zero-order chi connectivity index (χ0) is 14.7. The Kier molecular flexibility index (Phi) is 4.51. The predicted molar refractivity (Wildman–Crippen MR) is 76.5 cm³/mol. The van der Waals surface area contributed by atoms with E-state index in [4.69, 9.17) is 16.3 Å². The summed E-state index contributed by atoms with van der Waals surface area (Å²) in [5.41, 5.74) is 0.297. The van der Waals surface area contributed by atoms with Crippen molar-refractivity contribution in [2.24, 2.45) is 0 Å². The van der Waals surface area contributed by atoms with Crippen molar-refractivity contribution in [1.82, 2.24) is 0 Å². The molecule has 0 fully saturated rings. The van der Waals surface area contributed by atoms with Crippen LogP contribution in [0, 0.1) is 10.1 Å². The number of nitrogens with zero attached hydrogens (tertiary/aromatic N) is 1. The van der Waals surface area contributed by atoms with Crippen LogP contribution < -0.4 is 5.32 Å². The van der Waals surface area contributed by atoms with Gasteiger partial charge in [0.15, 0.2) is 0 Å². The van der Waals surface area contributed by atoms with Gasteiger partial charge in [0.25, 0.3) is 0 Å². The maximum absolute atomic E-state index is 11.7. The van der Waals surface area contributed by atoms with Gasteiger partial charge in [-0.1, -0.05) is 11.6 Å². The highest BCUT2D eigenvalue weighted by molar-refractivity contribution is 7.99. The Balaban J connectivity index is 2.38. The van der Waals surface area contributed by atoms with Crippen molar-refractivity contribution >= 4 is 35.0 Å². The molecule has 0 radical (unpaired) electrons. The van der Waals surface area contributed by atoms with E-state index in [1.165, 1.54) is 11.8 Å². The molecule has 6 nitrogen and oxygen atoms in total. The lowest BCUT2D eigenvalue weighted by Gasteiger charge is -2.20. The molecule has 20 heavy (non-hydrogen) atoms. The number of hydrogen-bond acceptors (Lipinski definition) is 6. The molecule has 0 amide bonds. The van der Waals surface area contributed by atoms with Crippen molar-refractivity contribution < 1.29 is 14.5 Å². The summed E-state index contributed by atoms with van der Waals surface area (Å²) in [6.45, 7) is 1.68. The Morgan fingerprint density at radius 2 is 2.35 bits per heavy atom. The van der Waals surface area contributed by atoms with Crippen LogP contribution in [-0.4, -0.2) is 23.3 Å². The molecule has 1 aliphatic rings. The van der Waals surface area contributed by atoms with Crippen LogP contribution in [0.5, 0.6) is 0 Å².